The van der Waals surface area contributed by atoms with Crippen LogP contribution in [0.2, 0.25) is 0 Å². The first kappa shape index (κ1) is 13.3. The van der Waals surface area contributed by atoms with Crippen molar-refractivity contribution in [2.24, 2.45) is 0 Å². The summed E-state index contributed by atoms with van der Waals surface area (Å²) in [5, 5.41) is 2.94. The Morgan fingerprint density at radius 3 is 2.44 bits per heavy atom. The number of hydrogen-bond acceptors (Lipinski definition) is 2. The van der Waals surface area contributed by atoms with Crippen molar-refractivity contribution >= 4 is 21.8 Å². The molecule has 0 radical (unpaired) electrons. The zero-order valence-electron chi connectivity index (χ0n) is 10.3. The first-order valence-electron chi connectivity index (χ1n) is 5.28. The maximum Gasteiger partial charge on any atom is 0.236 e. The molecular formula is C12H18BrNO2. The van der Waals surface area contributed by atoms with E-state index in [9.17, 15) is 4.79 Å². The lowest BCUT2D eigenvalue weighted by molar-refractivity contribution is -0.123. The third-order valence-corrected chi connectivity index (χ3v) is 2.79. The van der Waals surface area contributed by atoms with Crippen LogP contribution in [0.4, 0.5) is 0 Å². The second-order valence-corrected chi connectivity index (χ2v) is 6.52. The quantitative estimate of drug-likeness (QED) is 0.867. The lowest BCUT2D eigenvalue weighted by Crippen LogP contribution is -2.38. The molecule has 1 N–H and O–H groups in total. The Morgan fingerprint density at radius 1 is 1.50 bits per heavy atom. The zero-order chi connectivity index (χ0) is 12.5. The van der Waals surface area contributed by atoms with Crippen molar-refractivity contribution < 1.29 is 9.21 Å². The summed E-state index contributed by atoms with van der Waals surface area (Å²) < 4.78 is 4.89. The van der Waals surface area contributed by atoms with Gasteiger partial charge >= 0.3 is 0 Å². The number of aryl methyl sites for hydroxylation is 2. The molecule has 0 spiro atoms. The molecule has 1 aromatic rings. The normalized spacial score (nSPS) is 13.6. The second-order valence-electron chi connectivity index (χ2n) is 4.54. The van der Waals surface area contributed by atoms with E-state index in [1.165, 1.54) is 0 Å². The lowest BCUT2D eigenvalue weighted by Gasteiger charge is -2.20. The van der Waals surface area contributed by atoms with Crippen molar-refractivity contribution in [3.05, 3.63) is 23.2 Å². The maximum absolute atomic E-state index is 11.8. The monoisotopic (exact) mass is 287 g/mol. The molecule has 3 nitrogen and oxygen atoms in total. The fourth-order valence-electron chi connectivity index (χ4n) is 1.53. The molecule has 0 aromatic carbocycles. The van der Waals surface area contributed by atoms with Gasteiger partial charge in [0.25, 0.3) is 0 Å². The third kappa shape index (κ3) is 3.11. The Balaban J connectivity index is 2.77. The van der Waals surface area contributed by atoms with Crippen molar-refractivity contribution in [1.29, 1.82) is 0 Å². The van der Waals surface area contributed by atoms with Gasteiger partial charge in [0.2, 0.25) is 5.91 Å². The molecule has 0 saturated carbocycles. The summed E-state index contributed by atoms with van der Waals surface area (Å²) in [6.07, 6.45) is 0. The van der Waals surface area contributed by atoms with Gasteiger partial charge in [0.15, 0.2) is 0 Å². The number of carbonyl (C=O) groups is 1. The van der Waals surface area contributed by atoms with Gasteiger partial charge in [-0.1, -0.05) is 15.9 Å². The summed E-state index contributed by atoms with van der Waals surface area (Å²) in [6, 6.07) is 1.92. The number of carbonyl (C=O) groups excluding carboxylic acids is 1. The number of halogens is 1. The summed E-state index contributed by atoms with van der Waals surface area (Å²) in [7, 11) is 0. The molecule has 0 aliphatic carbocycles. The Morgan fingerprint density at radius 2 is 2.06 bits per heavy atom. The van der Waals surface area contributed by atoms with E-state index in [4.69, 9.17) is 4.42 Å². The zero-order valence-corrected chi connectivity index (χ0v) is 11.9. The highest BCUT2D eigenvalue weighted by Gasteiger charge is 2.26. The van der Waals surface area contributed by atoms with Crippen molar-refractivity contribution in [2.45, 2.75) is 45.0 Å². The predicted molar refractivity (Wildman–Crippen MR) is 67.7 cm³/mol. The van der Waals surface area contributed by atoms with Gasteiger partial charge in [-0.3, -0.25) is 4.79 Å². The number of nitrogens with one attached hydrogen (secondary N) is 1. The van der Waals surface area contributed by atoms with Crippen molar-refractivity contribution in [1.82, 2.24) is 5.32 Å². The topological polar surface area (TPSA) is 42.2 Å². The van der Waals surface area contributed by atoms with Crippen molar-refractivity contribution in [3.8, 4) is 0 Å². The summed E-state index contributed by atoms with van der Waals surface area (Å²) in [4.78, 5) is 11.8. The van der Waals surface area contributed by atoms with E-state index < -0.39 is 4.32 Å². The smallest absolute Gasteiger partial charge is 0.236 e. The van der Waals surface area contributed by atoms with E-state index in [-0.39, 0.29) is 11.9 Å². The summed E-state index contributed by atoms with van der Waals surface area (Å²) in [6.45, 7) is 9.41. The Hall–Kier alpha value is -0.770. The van der Waals surface area contributed by atoms with Gasteiger partial charge in [-0.25, -0.2) is 0 Å². The summed E-state index contributed by atoms with van der Waals surface area (Å²) in [5.74, 6) is 1.70. The fraction of sp³-hybridized carbons (Fsp3) is 0.583. The minimum Gasteiger partial charge on any atom is -0.466 e. The molecule has 1 aromatic heterocycles. The van der Waals surface area contributed by atoms with Gasteiger partial charge in [-0.2, -0.15) is 0 Å². The van der Waals surface area contributed by atoms with Gasteiger partial charge in [0.1, 0.15) is 11.5 Å². The minimum absolute atomic E-state index is 0.0294. The maximum atomic E-state index is 11.8. The molecule has 0 bridgehead atoms. The highest BCUT2D eigenvalue weighted by atomic mass is 79.9. The molecular weight excluding hydrogens is 270 g/mol. The van der Waals surface area contributed by atoms with Gasteiger partial charge in [-0.15, -0.1) is 0 Å². The van der Waals surface area contributed by atoms with Crippen LogP contribution in [0, 0.1) is 13.8 Å². The molecule has 90 valence electrons. The van der Waals surface area contributed by atoms with Crippen molar-refractivity contribution in [3.63, 3.8) is 0 Å². The minimum atomic E-state index is -0.548. The van der Waals surface area contributed by atoms with E-state index in [0.717, 1.165) is 17.1 Å². The van der Waals surface area contributed by atoms with Crippen LogP contribution in [-0.2, 0) is 4.79 Å². The van der Waals surface area contributed by atoms with E-state index >= 15 is 0 Å². The average molecular weight is 288 g/mol. The summed E-state index contributed by atoms with van der Waals surface area (Å²) >= 11 is 3.33. The van der Waals surface area contributed by atoms with Crippen LogP contribution in [-0.4, -0.2) is 10.2 Å². The number of furan rings is 1. The van der Waals surface area contributed by atoms with Crippen LogP contribution in [0.25, 0.3) is 0 Å². The number of alkyl halides is 1. The molecule has 0 aliphatic heterocycles. The molecule has 0 saturated heterocycles. The molecule has 1 unspecified atom stereocenters. The highest BCUT2D eigenvalue weighted by Crippen LogP contribution is 2.23. The molecule has 0 aliphatic rings. The van der Waals surface area contributed by atoms with Gasteiger partial charge in [0, 0.05) is 5.56 Å². The molecule has 4 heteroatoms. The fourth-order valence-corrected chi connectivity index (χ4v) is 1.64. The van der Waals surface area contributed by atoms with E-state index in [0.29, 0.717) is 0 Å². The number of hydrogen-bond donors (Lipinski definition) is 1. The molecule has 16 heavy (non-hydrogen) atoms. The lowest BCUT2D eigenvalue weighted by atomic mass is 10.1. The van der Waals surface area contributed by atoms with Crippen molar-refractivity contribution in [2.75, 3.05) is 0 Å². The van der Waals surface area contributed by atoms with Crippen LogP contribution in [0.1, 0.15) is 43.9 Å². The van der Waals surface area contributed by atoms with E-state index in [2.05, 4.69) is 21.2 Å². The average Bonchev–Trinajstić information content (AvgIpc) is 2.43. The largest absolute Gasteiger partial charge is 0.466 e. The van der Waals surface area contributed by atoms with E-state index in [1.54, 1.807) is 0 Å². The van der Waals surface area contributed by atoms with Gasteiger partial charge < -0.3 is 9.73 Å². The molecule has 1 amide bonds. The first-order chi connectivity index (χ1) is 7.21. The standard InChI is InChI=1S/C12H18BrNO2/c1-7-6-10(9(3)16-7)8(2)14-11(15)12(4,5)13/h6,8H,1-5H3,(H,14,15). The Labute approximate surface area is 105 Å². The predicted octanol–water partition coefficient (Wildman–Crippen LogP) is 3.25. The SMILES string of the molecule is Cc1cc(C(C)NC(=O)C(C)(C)Br)c(C)o1. The van der Waals surface area contributed by atoms with Crippen LogP contribution in [0.3, 0.4) is 0 Å². The summed E-state index contributed by atoms with van der Waals surface area (Å²) in [5.41, 5.74) is 1.03. The number of rotatable bonds is 3. The molecule has 1 atom stereocenters. The van der Waals surface area contributed by atoms with Crippen LogP contribution in [0.15, 0.2) is 10.5 Å². The van der Waals surface area contributed by atoms with Gasteiger partial charge in [0.05, 0.1) is 10.4 Å². The van der Waals surface area contributed by atoms with Crippen LogP contribution in [0.5, 0.6) is 0 Å². The third-order valence-electron chi connectivity index (χ3n) is 2.43. The Bertz CT molecular complexity index is 390. The van der Waals surface area contributed by atoms with Crippen LogP contribution < -0.4 is 5.32 Å². The number of amides is 1. The van der Waals surface area contributed by atoms with Gasteiger partial charge in [-0.05, 0) is 40.7 Å². The van der Waals surface area contributed by atoms with E-state index in [1.807, 2.05) is 40.7 Å². The Kier molecular flexibility index (Phi) is 3.84. The highest BCUT2D eigenvalue weighted by molar-refractivity contribution is 9.10. The molecule has 1 rings (SSSR count). The van der Waals surface area contributed by atoms with Crippen LogP contribution >= 0.6 is 15.9 Å². The molecule has 1 heterocycles. The first-order valence-corrected chi connectivity index (χ1v) is 6.08. The molecule has 0 fully saturated rings. The second kappa shape index (κ2) is 4.62.